The first-order valence-corrected chi connectivity index (χ1v) is 9.09. The number of para-hydroxylation sites is 1. The van der Waals surface area contributed by atoms with Crippen LogP contribution in [0.3, 0.4) is 0 Å². The lowest BCUT2D eigenvalue weighted by molar-refractivity contribution is 0.0782. The fraction of sp³-hybridized carbons (Fsp3) is 0.474. The second kappa shape index (κ2) is 7.77. The Balaban J connectivity index is 1.83. The SMILES string of the molecule is CC(C)[C@@H]1CN(C(=O)c2ccccc2-n2cncn2)C[C@H]1NC(=O)N(C)C. The van der Waals surface area contributed by atoms with Crippen LogP contribution in [0.2, 0.25) is 0 Å². The minimum Gasteiger partial charge on any atom is -0.336 e. The molecule has 8 nitrogen and oxygen atoms in total. The van der Waals surface area contributed by atoms with Gasteiger partial charge < -0.3 is 15.1 Å². The van der Waals surface area contributed by atoms with E-state index in [9.17, 15) is 9.59 Å². The van der Waals surface area contributed by atoms with E-state index in [4.69, 9.17) is 0 Å². The van der Waals surface area contributed by atoms with Crippen molar-refractivity contribution in [1.82, 2.24) is 29.9 Å². The van der Waals surface area contributed by atoms with E-state index in [-0.39, 0.29) is 23.9 Å². The van der Waals surface area contributed by atoms with E-state index in [2.05, 4.69) is 29.2 Å². The number of benzene rings is 1. The molecule has 144 valence electrons. The maximum atomic E-state index is 13.2. The van der Waals surface area contributed by atoms with Crippen LogP contribution in [0, 0.1) is 11.8 Å². The number of rotatable bonds is 4. The van der Waals surface area contributed by atoms with Gasteiger partial charge in [0.15, 0.2) is 0 Å². The van der Waals surface area contributed by atoms with Crippen LogP contribution < -0.4 is 5.32 Å². The highest BCUT2D eigenvalue weighted by Gasteiger charge is 2.38. The third-order valence-electron chi connectivity index (χ3n) is 5.02. The van der Waals surface area contributed by atoms with Crippen LogP contribution in [-0.2, 0) is 0 Å². The van der Waals surface area contributed by atoms with E-state index in [1.165, 1.54) is 11.2 Å². The maximum Gasteiger partial charge on any atom is 0.317 e. The molecule has 0 bridgehead atoms. The van der Waals surface area contributed by atoms with Gasteiger partial charge in [-0.2, -0.15) is 5.10 Å². The molecule has 3 rings (SSSR count). The molecule has 2 aromatic rings. The number of urea groups is 1. The van der Waals surface area contributed by atoms with E-state index >= 15 is 0 Å². The van der Waals surface area contributed by atoms with Gasteiger partial charge in [0.1, 0.15) is 12.7 Å². The number of carbonyl (C=O) groups is 2. The molecule has 2 heterocycles. The fourth-order valence-corrected chi connectivity index (χ4v) is 3.47. The average molecular weight is 370 g/mol. The van der Waals surface area contributed by atoms with Crippen LogP contribution in [0.5, 0.6) is 0 Å². The normalized spacial score (nSPS) is 19.4. The minimum absolute atomic E-state index is 0.0617. The summed E-state index contributed by atoms with van der Waals surface area (Å²) < 4.78 is 1.59. The number of amides is 3. The zero-order chi connectivity index (χ0) is 19.6. The zero-order valence-electron chi connectivity index (χ0n) is 16.2. The predicted octanol–water partition coefficient (Wildman–Crippen LogP) is 1.64. The number of hydrogen-bond acceptors (Lipinski definition) is 4. The van der Waals surface area contributed by atoms with Crippen molar-refractivity contribution < 1.29 is 9.59 Å². The largest absolute Gasteiger partial charge is 0.336 e. The third kappa shape index (κ3) is 3.94. The molecule has 1 aliphatic heterocycles. The van der Waals surface area contributed by atoms with E-state index in [1.807, 2.05) is 23.1 Å². The fourth-order valence-electron chi connectivity index (χ4n) is 3.47. The molecule has 1 aliphatic rings. The Kier molecular flexibility index (Phi) is 5.43. The topological polar surface area (TPSA) is 83.4 Å². The Hall–Kier alpha value is -2.90. The summed E-state index contributed by atoms with van der Waals surface area (Å²) in [6.07, 6.45) is 3.02. The summed E-state index contributed by atoms with van der Waals surface area (Å²) in [6.45, 7) is 5.35. The van der Waals surface area contributed by atoms with Gasteiger partial charge in [0.25, 0.3) is 5.91 Å². The summed E-state index contributed by atoms with van der Waals surface area (Å²) in [4.78, 5) is 32.7. The second-order valence-corrected chi connectivity index (χ2v) is 7.43. The summed E-state index contributed by atoms with van der Waals surface area (Å²) in [5, 5.41) is 7.20. The summed E-state index contributed by atoms with van der Waals surface area (Å²) in [5.74, 6) is 0.491. The standard InChI is InChI=1S/C19H26N6O2/c1-13(2)15-9-24(10-16(15)22-19(27)23(3)4)18(26)14-7-5-6-8-17(14)25-12-20-11-21-25/h5-8,11-13,15-16H,9-10H2,1-4H3,(H,22,27)/t15-,16+/m0/s1. The van der Waals surface area contributed by atoms with Crippen molar-refractivity contribution in [3.8, 4) is 5.69 Å². The van der Waals surface area contributed by atoms with Gasteiger partial charge in [0, 0.05) is 33.1 Å². The molecule has 1 N–H and O–H groups in total. The predicted molar refractivity (Wildman–Crippen MR) is 102 cm³/mol. The number of hydrogen-bond donors (Lipinski definition) is 1. The Bertz CT molecular complexity index is 802. The highest BCUT2D eigenvalue weighted by molar-refractivity contribution is 5.98. The van der Waals surface area contributed by atoms with Crippen molar-refractivity contribution in [2.75, 3.05) is 27.2 Å². The maximum absolute atomic E-state index is 13.2. The summed E-state index contributed by atoms with van der Waals surface area (Å²) in [6, 6.07) is 7.16. The first kappa shape index (κ1) is 18.9. The van der Waals surface area contributed by atoms with Crippen LogP contribution in [0.15, 0.2) is 36.9 Å². The molecule has 1 fully saturated rings. The van der Waals surface area contributed by atoms with Crippen LogP contribution >= 0.6 is 0 Å². The number of nitrogens with one attached hydrogen (secondary N) is 1. The molecule has 1 aromatic carbocycles. The quantitative estimate of drug-likeness (QED) is 0.887. The van der Waals surface area contributed by atoms with E-state index in [0.717, 1.165) is 0 Å². The van der Waals surface area contributed by atoms with Crippen LogP contribution in [-0.4, -0.2) is 69.7 Å². The van der Waals surface area contributed by atoms with Crippen molar-refractivity contribution in [2.45, 2.75) is 19.9 Å². The number of aromatic nitrogens is 3. The Morgan fingerprint density at radius 2 is 1.96 bits per heavy atom. The van der Waals surface area contributed by atoms with Gasteiger partial charge in [0.05, 0.1) is 17.3 Å². The molecule has 0 saturated carbocycles. The first-order chi connectivity index (χ1) is 12.9. The molecule has 0 radical (unpaired) electrons. The molecule has 2 atom stereocenters. The van der Waals surface area contributed by atoms with Gasteiger partial charge in [-0.3, -0.25) is 4.79 Å². The van der Waals surface area contributed by atoms with Crippen LogP contribution in [0.25, 0.3) is 5.69 Å². The van der Waals surface area contributed by atoms with Crippen LogP contribution in [0.4, 0.5) is 4.79 Å². The molecule has 1 aromatic heterocycles. The van der Waals surface area contributed by atoms with Gasteiger partial charge in [0.2, 0.25) is 0 Å². The lowest BCUT2D eigenvalue weighted by Gasteiger charge is -2.24. The van der Waals surface area contributed by atoms with E-state index < -0.39 is 0 Å². The Morgan fingerprint density at radius 3 is 2.59 bits per heavy atom. The lowest BCUT2D eigenvalue weighted by Crippen LogP contribution is -2.46. The summed E-state index contributed by atoms with van der Waals surface area (Å²) in [7, 11) is 3.43. The summed E-state index contributed by atoms with van der Waals surface area (Å²) >= 11 is 0. The zero-order valence-corrected chi connectivity index (χ0v) is 16.2. The van der Waals surface area contributed by atoms with Gasteiger partial charge in [-0.15, -0.1) is 0 Å². The number of nitrogens with zero attached hydrogens (tertiary/aromatic N) is 5. The highest BCUT2D eigenvalue weighted by atomic mass is 16.2. The summed E-state index contributed by atoms with van der Waals surface area (Å²) in [5.41, 5.74) is 1.27. The van der Waals surface area contributed by atoms with Crippen molar-refractivity contribution in [1.29, 1.82) is 0 Å². The van der Waals surface area contributed by atoms with Crippen molar-refractivity contribution in [3.63, 3.8) is 0 Å². The van der Waals surface area contributed by atoms with Gasteiger partial charge in [-0.1, -0.05) is 26.0 Å². The molecule has 0 unspecified atom stereocenters. The second-order valence-electron chi connectivity index (χ2n) is 7.43. The molecule has 8 heteroatoms. The molecule has 0 spiro atoms. The van der Waals surface area contributed by atoms with Gasteiger partial charge in [-0.05, 0) is 18.1 Å². The minimum atomic E-state index is -0.136. The highest BCUT2D eigenvalue weighted by Crippen LogP contribution is 2.27. The van der Waals surface area contributed by atoms with Gasteiger partial charge >= 0.3 is 6.03 Å². The molecule has 1 saturated heterocycles. The van der Waals surface area contributed by atoms with E-state index in [0.29, 0.717) is 30.3 Å². The third-order valence-corrected chi connectivity index (χ3v) is 5.02. The van der Waals surface area contributed by atoms with Crippen molar-refractivity contribution in [3.05, 3.63) is 42.5 Å². The molecule has 3 amide bonds. The molecule has 27 heavy (non-hydrogen) atoms. The van der Waals surface area contributed by atoms with Crippen LogP contribution in [0.1, 0.15) is 24.2 Å². The Morgan fingerprint density at radius 1 is 1.22 bits per heavy atom. The molecule has 0 aliphatic carbocycles. The van der Waals surface area contributed by atoms with Crippen molar-refractivity contribution >= 4 is 11.9 Å². The average Bonchev–Trinajstić information content (AvgIpc) is 3.31. The van der Waals surface area contributed by atoms with Crippen molar-refractivity contribution in [2.24, 2.45) is 11.8 Å². The monoisotopic (exact) mass is 370 g/mol. The van der Waals surface area contributed by atoms with Gasteiger partial charge in [-0.25, -0.2) is 14.5 Å². The molecular formula is C19H26N6O2. The van der Waals surface area contributed by atoms with E-state index in [1.54, 1.807) is 31.2 Å². The smallest absolute Gasteiger partial charge is 0.317 e. The first-order valence-electron chi connectivity index (χ1n) is 9.09. The molecular weight excluding hydrogens is 344 g/mol. The number of carbonyl (C=O) groups excluding carboxylic acids is 2. The lowest BCUT2D eigenvalue weighted by atomic mass is 9.91. The Labute approximate surface area is 159 Å². The number of likely N-dealkylation sites (tertiary alicyclic amines) is 1.